The fraction of sp³-hybridized carbons (Fsp3) is 0.455. The highest BCUT2D eigenvalue weighted by Gasteiger charge is 2.18. The number of benzene rings is 1. The fourth-order valence-corrected chi connectivity index (χ4v) is 1.75. The van der Waals surface area contributed by atoms with Crippen molar-refractivity contribution >= 4 is 15.9 Å². The van der Waals surface area contributed by atoms with E-state index in [1.165, 1.54) is 0 Å². The van der Waals surface area contributed by atoms with Crippen LogP contribution in [0, 0.1) is 0 Å². The van der Waals surface area contributed by atoms with Crippen molar-refractivity contribution in [2.75, 3.05) is 7.05 Å². The van der Waals surface area contributed by atoms with Gasteiger partial charge in [0.15, 0.2) is 0 Å². The average molecular weight is 258 g/mol. The predicted molar refractivity (Wildman–Crippen MR) is 62.6 cm³/mol. The Morgan fingerprint density at radius 1 is 1.43 bits per heavy atom. The Hall–Kier alpha value is -0.540. The van der Waals surface area contributed by atoms with Crippen molar-refractivity contribution in [3.63, 3.8) is 0 Å². The van der Waals surface area contributed by atoms with E-state index in [1.807, 2.05) is 19.2 Å². The molecule has 0 aliphatic heterocycles. The molecule has 0 aromatic heterocycles. The molecule has 0 radical (unpaired) electrons. The molecule has 0 saturated carbocycles. The summed E-state index contributed by atoms with van der Waals surface area (Å²) < 4.78 is 0.959. The third-order valence-corrected chi connectivity index (χ3v) is 3.13. The highest BCUT2D eigenvalue weighted by molar-refractivity contribution is 9.10. The number of hydrogen-bond donors (Lipinski definition) is 2. The summed E-state index contributed by atoms with van der Waals surface area (Å²) in [5.41, 5.74) is 0.938. The second kappa shape index (κ2) is 4.32. The van der Waals surface area contributed by atoms with Gasteiger partial charge in [0.25, 0.3) is 0 Å². The molecule has 78 valence electrons. The number of halogens is 1. The van der Waals surface area contributed by atoms with Crippen molar-refractivity contribution in [2.24, 2.45) is 0 Å². The van der Waals surface area contributed by atoms with E-state index in [0.29, 0.717) is 5.75 Å². The van der Waals surface area contributed by atoms with Crippen LogP contribution in [0.4, 0.5) is 0 Å². The zero-order chi connectivity index (χ0) is 10.8. The van der Waals surface area contributed by atoms with E-state index >= 15 is 0 Å². The Kier molecular flexibility index (Phi) is 3.56. The molecular formula is C11H16BrNO. The van der Waals surface area contributed by atoms with Crippen molar-refractivity contribution in [3.8, 4) is 5.75 Å². The number of rotatable bonds is 3. The molecule has 0 amide bonds. The summed E-state index contributed by atoms with van der Waals surface area (Å²) in [5.74, 6) is 0.350. The van der Waals surface area contributed by atoms with Gasteiger partial charge < -0.3 is 10.4 Å². The lowest BCUT2D eigenvalue weighted by Crippen LogP contribution is -2.38. The second-order valence-corrected chi connectivity index (χ2v) is 4.90. The van der Waals surface area contributed by atoms with Crippen LogP contribution in [-0.2, 0) is 6.42 Å². The molecule has 0 atom stereocenters. The number of phenolic OH excluding ortho intramolecular Hbond substituents is 1. The van der Waals surface area contributed by atoms with E-state index in [-0.39, 0.29) is 5.54 Å². The number of nitrogens with one attached hydrogen (secondary N) is 1. The maximum Gasteiger partial charge on any atom is 0.119 e. The highest BCUT2D eigenvalue weighted by atomic mass is 79.9. The quantitative estimate of drug-likeness (QED) is 0.873. The largest absolute Gasteiger partial charge is 0.508 e. The number of phenols is 1. The Morgan fingerprint density at radius 2 is 2.07 bits per heavy atom. The van der Waals surface area contributed by atoms with Gasteiger partial charge in [-0.1, -0.05) is 22.0 Å². The molecule has 2 nitrogen and oxygen atoms in total. The van der Waals surface area contributed by atoms with Crippen molar-refractivity contribution in [3.05, 3.63) is 28.2 Å². The van der Waals surface area contributed by atoms with Crippen LogP contribution >= 0.6 is 15.9 Å². The molecule has 1 aromatic rings. The first-order valence-corrected chi connectivity index (χ1v) is 5.41. The van der Waals surface area contributed by atoms with Crippen LogP contribution in [0.15, 0.2) is 22.7 Å². The molecule has 0 fully saturated rings. The molecule has 0 aliphatic rings. The van der Waals surface area contributed by atoms with Gasteiger partial charge in [0, 0.05) is 15.6 Å². The average Bonchev–Trinajstić information content (AvgIpc) is 2.12. The Bertz CT molecular complexity index is 303. The van der Waals surface area contributed by atoms with E-state index in [1.54, 1.807) is 6.07 Å². The van der Waals surface area contributed by atoms with E-state index < -0.39 is 0 Å². The minimum Gasteiger partial charge on any atom is -0.508 e. The molecule has 0 spiro atoms. The minimum atomic E-state index is -0.0125. The highest BCUT2D eigenvalue weighted by Crippen LogP contribution is 2.28. The summed E-state index contributed by atoms with van der Waals surface area (Å²) >= 11 is 3.44. The summed E-state index contributed by atoms with van der Waals surface area (Å²) in [5, 5.41) is 12.9. The van der Waals surface area contributed by atoms with Gasteiger partial charge in [-0.25, -0.2) is 0 Å². The lowest BCUT2D eigenvalue weighted by Gasteiger charge is -2.25. The first-order valence-electron chi connectivity index (χ1n) is 4.61. The molecule has 1 aromatic carbocycles. The summed E-state index contributed by atoms with van der Waals surface area (Å²) in [4.78, 5) is 0. The van der Waals surface area contributed by atoms with Crippen LogP contribution in [0.1, 0.15) is 19.4 Å². The molecule has 2 N–H and O–H groups in total. The van der Waals surface area contributed by atoms with Gasteiger partial charge in [-0.05, 0) is 39.4 Å². The second-order valence-electron chi connectivity index (χ2n) is 4.05. The molecule has 0 unspecified atom stereocenters. The molecule has 0 aliphatic carbocycles. The Morgan fingerprint density at radius 3 is 2.57 bits per heavy atom. The monoisotopic (exact) mass is 257 g/mol. The van der Waals surface area contributed by atoms with Gasteiger partial charge in [0.2, 0.25) is 0 Å². The maximum atomic E-state index is 9.69. The van der Waals surface area contributed by atoms with Crippen LogP contribution in [0.3, 0.4) is 0 Å². The van der Waals surface area contributed by atoms with Gasteiger partial charge in [-0.2, -0.15) is 0 Å². The number of aromatic hydroxyl groups is 1. The maximum absolute atomic E-state index is 9.69. The van der Waals surface area contributed by atoms with Crippen molar-refractivity contribution < 1.29 is 5.11 Å². The topological polar surface area (TPSA) is 32.3 Å². The van der Waals surface area contributed by atoms with E-state index in [2.05, 4.69) is 35.1 Å². The van der Waals surface area contributed by atoms with Crippen molar-refractivity contribution in [1.82, 2.24) is 5.32 Å². The lowest BCUT2D eigenvalue weighted by atomic mass is 9.95. The molecule has 14 heavy (non-hydrogen) atoms. The van der Waals surface area contributed by atoms with Gasteiger partial charge >= 0.3 is 0 Å². The third kappa shape index (κ3) is 2.72. The van der Waals surface area contributed by atoms with Gasteiger partial charge in [0.1, 0.15) is 5.75 Å². The molecule has 1 rings (SSSR count). The van der Waals surface area contributed by atoms with Crippen LogP contribution in [0.2, 0.25) is 0 Å². The molecule has 3 heteroatoms. The van der Waals surface area contributed by atoms with E-state index in [9.17, 15) is 5.11 Å². The molecule has 0 saturated heterocycles. The molecule has 0 heterocycles. The number of hydrogen-bond acceptors (Lipinski definition) is 2. The van der Waals surface area contributed by atoms with Crippen LogP contribution in [0.5, 0.6) is 5.75 Å². The normalized spacial score (nSPS) is 11.7. The zero-order valence-electron chi connectivity index (χ0n) is 8.76. The fourth-order valence-electron chi connectivity index (χ4n) is 1.25. The Labute approximate surface area is 93.5 Å². The van der Waals surface area contributed by atoms with Gasteiger partial charge in [-0.15, -0.1) is 0 Å². The minimum absolute atomic E-state index is 0.0125. The van der Waals surface area contributed by atoms with Crippen molar-refractivity contribution in [2.45, 2.75) is 25.8 Å². The first-order chi connectivity index (χ1) is 6.46. The van der Waals surface area contributed by atoms with Crippen molar-refractivity contribution in [1.29, 1.82) is 0 Å². The first kappa shape index (κ1) is 11.5. The van der Waals surface area contributed by atoms with Gasteiger partial charge in [-0.3, -0.25) is 0 Å². The summed E-state index contributed by atoms with van der Waals surface area (Å²) in [7, 11) is 1.92. The number of likely N-dealkylation sites (N-methyl/N-ethyl adjacent to an activating group) is 1. The van der Waals surface area contributed by atoms with E-state index in [0.717, 1.165) is 16.5 Å². The zero-order valence-corrected chi connectivity index (χ0v) is 10.4. The SMILES string of the molecule is CNC(C)(C)Cc1c(O)cccc1Br. The van der Waals surface area contributed by atoms with Gasteiger partial charge in [0.05, 0.1) is 0 Å². The summed E-state index contributed by atoms with van der Waals surface area (Å²) in [6, 6.07) is 5.49. The van der Waals surface area contributed by atoms with E-state index in [4.69, 9.17) is 0 Å². The van der Waals surface area contributed by atoms with Crippen LogP contribution in [-0.4, -0.2) is 17.7 Å². The third-order valence-electron chi connectivity index (χ3n) is 2.39. The summed E-state index contributed by atoms with van der Waals surface area (Å²) in [6.45, 7) is 4.21. The molecule has 0 bridgehead atoms. The van der Waals surface area contributed by atoms with Crippen LogP contribution < -0.4 is 5.32 Å². The predicted octanol–water partition coefficient (Wildman–Crippen LogP) is 2.70. The van der Waals surface area contributed by atoms with Crippen LogP contribution in [0.25, 0.3) is 0 Å². The molecular weight excluding hydrogens is 242 g/mol. The standard InChI is InChI=1S/C11H16BrNO/c1-11(2,13-3)7-8-9(12)5-4-6-10(8)14/h4-6,13-14H,7H2,1-3H3. The Balaban J connectivity index is 2.97. The summed E-state index contributed by atoms with van der Waals surface area (Å²) in [6.07, 6.45) is 0.788. The smallest absolute Gasteiger partial charge is 0.119 e. The lowest BCUT2D eigenvalue weighted by molar-refractivity contribution is 0.405.